The van der Waals surface area contributed by atoms with E-state index in [1.807, 2.05) is 0 Å². The molecule has 1 aliphatic carbocycles. The van der Waals surface area contributed by atoms with E-state index in [-0.39, 0.29) is 20.7 Å². The molecule has 5 heterocycles. The largest absolute Gasteiger partial charge is 0.432 e. The van der Waals surface area contributed by atoms with Crippen LogP contribution >= 0.6 is 7.82 Å². The third-order valence-electron chi connectivity index (χ3n) is 10.4. The maximum Gasteiger partial charge on any atom is 0.432 e. The van der Waals surface area contributed by atoms with Crippen molar-refractivity contribution in [1.29, 1.82) is 0 Å². The molecule has 5 unspecified atom stereocenters. The van der Waals surface area contributed by atoms with Crippen LogP contribution in [-0.2, 0) is 17.9 Å². The van der Waals surface area contributed by atoms with Crippen LogP contribution in [0.5, 0.6) is 0 Å². The van der Waals surface area contributed by atoms with E-state index in [1.165, 1.54) is 89.9 Å². The average molecular weight is 474 g/mol. The summed E-state index contributed by atoms with van der Waals surface area (Å²) in [5.41, 5.74) is 0. The Morgan fingerprint density at radius 3 is 2.03 bits per heavy atom. The third kappa shape index (κ3) is 5.84. The predicted molar refractivity (Wildman–Crippen MR) is 140 cm³/mol. The predicted octanol–water partition coefficient (Wildman–Crippen LogP) is 8.79. The molecule has 6 aliphatic rings. The van der Waals surface area contributed by atoms with E-state index in [1.54, 1.807) is 0 Å². The van der Waals surface area contributed by atoms with E-state index in [9.17, 15) is 4.57 Å². The first-order valence-corrected chi connectivity index (χ1v) is 16.2. The zero-order valence-corrected chi connectivity index (χ0v) is 22.2. The second kappa shape index (κ2) is 11.1. The molecule has 0 amide bonds. The summed E-state index contributed by atoms with van der Waals surface area (Å²) in [7, 11) is -3.62. The maximum atomic E-state index is 14.6. The molecule has 5 aliphatic heterocycles. The van der Waals surface area contributed by atoms with Gasteiger partial charge in [-0.2, -0.15) is 0 Å². The Morgan fingerprint density at radius 2 is 1.33 bits per heavy atom. The molecule has 0 aromatic heterocycles. The molecule has 1 saturated carbocycles. The van der Waals surface area contributed by atoms with E-state index in [0.717, 1.165) is 25.0 Å². The second-order valence-electron chi connectivity index (χ2n) is 12.3. The van der Waals surface area contributed by atoms with Gasteiger partial charge in [-0.25, -0.2) is 4.57 Å². The molecule has 8 heteroatoms. The van der Waals surface area contributed by atoms with Crippen LogP contribution in [0.1, 0.15) is 110 Å². The van der Waals surface area contributed by atoms with Crippen molar-refractivity contribution in [3.05, 3.63) is 0 Å². The van der Waals surface area contributed by atoms with Gasteiger partial charge in [-0.3, -0.25) is 0 Å². The lowest BCUT2D eigenvalue weighted by molar-refractivity contribution is 0.265. The second-order valence-corrected chi connectivity index (χ2v) is 13.8. The summed E-state index contributed by atoms with van der Waals surface area (Å²) in [6.45, 7) is 4.70. The van der Waals surface area contributed by atoms with Crippen molar-refractivity contribution in [1.82, 2.24) is 0 Å². The molecule has 6 fully saturated rings. The molecule has 0 N–H and O–H groups in total. The molecule has 5 atom stereocenters. The van der Waals surface area contributed by atoms with Gasteiger partial charge in [0.2, 0.25) is 0 Å². The summed E-state index contributed by atoms with van der Waals surface area (Å²) in [5, 5.41) is 0. The van der Waals surface area contributed by atoms with E-state index < -0.39 is 7.82 Å². The van der Waals surface area contributed by atoms with Gasteiger partial charge >= 0.3 is 28.6 Å². The van der Waals surface area contributed by atoms with Gasteiger partial charge in [-0.1, -0.05) is 110 Å². The SMILES string of the molecule is CCC1CCC(CC)B(OP(=O)(OB2CC3CCCC2CC3)OB2C3CCCC2CCC3)C1. The molecular formula is C25H46B3O4P. The Morgan fingerprint density at radius 1 is 0.667 bits per heavy atom. The molecule has 0 spiro atoms. The lowest BCUT2D eigenvalue weighted by Gasteiger charge is -2.42. The van der Waals surface area contributed by atoms with E-state index in [4.69, 9.17) is 13.3 Å². The van der Waals surface area contributed by atoms with Crippen LogP contribution in [0.25, 0.3) is 0 Å². The van der Waals surface area contributed by atoms with E-state index >= 15 is 0 Å². The van der Waals surface area contributed by atoms with Crippen LogP contribution in [0.3, 0.4) is 0 Å². The fourth-order valence-electron chi connectivity index (χ4n) is 8.25. The monoisotopic (exact) mass is 474 g/mol. The highest BCUT2D eigenvalue weighted by Crippen LogP contribution is 2.61. The van der Waals surface area contributed by atoms with Crippen molar-refractivity contribution >= 4 is 28.6 Å². The van der Waals surface area contributed by atoms with Gasteiger partial charge in [0.05, 0.1) is 0 Å². The molecule has 4 nitrogen and oxygen atoms in total. The number of hydrogen-bond acceptors (Lipinski definition) is 4. The van der Waals surface area contributed by atoms with E-state index in [0.29, 0.717) is 29.2 Å². The summed E-state index contributed by atoms with van der Waals surface area (Å²) >= 11 is 0. The minimum Gasteiger partial charge on any atom is -0.350 e. The lowest BCUT2D eigenvalue weighted by Crippen LogP contribution is -2.39. The minimum absolute atomic E-state index is 0.0194. The topological polar surface area (TPSA) is 44.8 Å². The molecule has 184 valence electrons. The standard InChI is InChI=1S/C25H46B3O4P/c1-3-20-14-16-22(4-2)26(18-20)30-33(29,31-27-19-21-8-5-9-23(27)17-15-21)32-28-24-10-6-11-25(28)13-7-12-24/h20-25H,3-19H2,1-2H3. The summed E-state index contributed by atoms with van der Waals surface area (Å²) in [6.07, 6.45) is 20.6. The van der Waals surface area contributed by atoms with Crippen molar-refractivity contribution in [2.24, 2.45) is 11.8 Å². The van der Waals surface area contributed by atoms with Crippen LogP contribution in [0.2, 0.25) is 35.9 Å². The zero-order valence-electron chi connectivity index (χ0n) is 21.3. The molecule has 33 heavy (non-hydrogen) atoms. The van der Waals surface area contributed by atoms with Gasteiger partial charge in [0.15, 0.2) is 0 Å². The number of hydrogen-bond donors (Lipinski definition) is 0. The number of phosphoric acid groups is 1. The van der Waals surface area contributed by atoms with E-state index in [2.05, 4.69) is 13.8 Å². The first-order valence-electron chi connectivity index (χ1n) is 14.7. The molecule has 6 rings (SSSR count). The van der Waals surface area contributed by atoms with Gasteiger partial charge in [-0.15, -0.1) is 0 Å². The normalized spacial score (nSPS) is 38.8. The lowest BCUT2D eigenvalue weighted by atomic mass is 9.38. The highest BCUT2D eigenvalue weighted by Gasteiger charge is 2.51. The Hall–Kier alpha value is 0.305. The molecule has 5 saturated heterocycles. The van der Waals surface area contributed by atoms with Crippen molar-refractivity contribution in [2.45, 2.75) is 146 Å². The fourth-order valence-corrected chi connectivity index (χ4v) is 10.2. The number of rotatable bonds is 8. The quantitative estimate of drug-likeness (QED) is 0.261. The van der Waals surface area contributed by atoms with Crippen molar-refractivity contribution in [3.63, 3.8) is 0 Å². The van der Waals surface area contributed by atoms with Gasteiger partial charge in [0, 0.05) is 0 Å². The minimum atomic E-state index is -3.62. The molecule has 0 aromatic rings. The first-order chi connectivity index (χ1) is 16.1. The average Bonchev–Trinajstić information content (AvgIpc) is 3.14. The molecular weight excluding hydrogens is 428 g/mol. The van der Waals surface area contributed by atoms with Crippen LogP contribution in [0, 0.1) is 11.8 Å². The third-order valence-corrected chi connectivity index (χ3v) is 11.9. The summed E-state index contributed by atoms with van der Waals surface area (Å²) in [5.74, 6) is 3.50. The Labute approximate surface area is 204 Å². The Balaban J connectivity index is 1.37. The van der Waals surface area contributed by atoms with Crippen molar-refractivity contribution < 1.29 is 17.9 Å². The molecule has 0 radical (unpaired) electrons. The smallest absolute Gasteiger partial charge is 0.350 e. The Bertz CT molecular complexity index is 671. The van der Waals surface area contributed by atoms with Crippen LogP contribution in [0.4, 0.5) is 0 Å². The summed E-state index contributed by atoms with van der Waals surface area (Å²) in [4.78, 5) is 0. The van der Waals surface area contributed by atoms with Crippen LogP contribution < -0.4 is 0 Å². The van der Waals surface area contributed by atoms with Crippen LogP contribution in [0.15, 0.2) is 0 Å². The highest BCUT2D eigenvalue weighted by molar-refractivity contribution is 7.52. The molecule has 4 bridgehead atoms. The zero-order chi connectivity index (χ0) is 22.8. The van der Waals surface area contributed by atoms with Crippen molar-refractivity contribution in [3.8, 4) is 0 Å². The Kier molecular flexibility index (Phi) is 8.43. The summed E-state index contributed by atoms with van der Waals surface area (Å²) in [6, 6.07) is 0. The van der Waals surface area contributed by atoms with Gasteiger partial charge in [0.25, 0.3) is 0 Å². The fraction of sp³-hybridized carbons (Fsp3) is 1.00. The first kappa shape index (κ1) is 25.0. The van der Waals surface area contributed by atoms with Gasteiger partial charge in [0.1, 0.15) is 0 Å². The van der Waals surface area contributed by atoms with Crippen molar-refractivity contribution in [2.75, 3.05) is 0 Å². The van der Waals surface area contributed by atoms with Gasteiger partial charge in [-0.05, 0) is 47.7 Å². The van der Waals surface area contributed by atoms with Crippen LogP contribution in [-0.4, -0.2) is 20.7 Å². The molecule has 0 aromatic carbocycles. The van der Waals surface area contributed by atoms with Gasteiger partial charge < -0.3 is 13.3 Å². The maximum absolute atomic E-state index is 14.6. The summed E-state index contributed by atoms with van der Waals surface area (Å²) < 4.78 is 34.6. The number of fused-ring (bicyclic) bond motifs is 6. The highest BCUT2D eigenvalue weighted by atomic mass is 31.2.